The molecule has 0 aromatic carbocycles. The summed E-state index contributed by atoms with van der Waals surface area (Å²) in [6.07, 6.45) is 1.90. The average Bonchev–Trinajstić information content (AvgIpc) is 2.87. The highest BCUT2D eigenvalue weighted by Gasteiger charge is 2.09. The molecule has 0 aliphatic carbocycles. The third kappa shape index (κ3) is 3.61. The zero-order valence-corrected chi connectivity index (χ0v) is 13.7. The number of aryl methyl sites for hydroxylation is 3. The molecule has 0 amide bonds. The molecule has 0 fully saturated rings. The Labute approximate surface area is 126 Å². The van der Waals surface area contributed by atoms with Crippen LogP contribution in [0.5, 0.6) is 0 Å². The summed E-state index contributed by atoms with van der Waals surface area (Å²) in [5.41, 5.74) is 4.81. The van der Waals surface area contributed by atoms with Gasteiger partial charge in [0.05, 0.1) is 23.3 Å². The Morgan fingerprint density at radius 1 is 1.20 bits per heavy atom. The number of halogens is 1. The van der Waals surface area contributed by atoms with Crippen molar-refractivity contribution < 1.29 is 0 Å². The van der Waals surface area contributed by atoms with Crippen LogP contribution in [-0.2, 0) is 27.2 Å². The lowest BCUT2D eigenvalue weighted by Crippen LogP contribution is -2.17. The Hall–Kier alpha value is -1.33. The topological polar surface area (TPSA) is 47.7 Å². The van der Waals surface area contributed by atoms with Gasteiger partial charge in [-0.2, -0.15) is 10.2 Å². The van der Waals surface area contributed by atoms with Gasteiger partial charge in [-0.3, -0.25) is 9.36 Å². The van der Waals surface area contributed by atoms with Crippen LogP contribution in [0.1, 0.15) is 42.4 Å². The molecule has 5 nitrogen and oxygen atoms in total. The highest BCUT2D eigenvalue weighted by atomic mass is 35.5. The molecule has 112 valence electrons. The molecule has 2 aromatic rings. The van der Waals surface area contributed by atoms with E-state index >= 15 is 0 Å². The molecule has 0 aliphatic heterocycles. The quantitative estimate of drug-likeness (QED) is 0.921. The van der Waals surface area contributed by atoms with Crippen molar-refractivity contribution in [3.05, 3.63) is 34.9 Å². The van der Waals surface area contributed by atoms with E-state index in [1.54, 1.807) is 0 Å². The number of hydrogen-bond donors (Lipinski definition) is 1. The standard InChI is InChI=1S/C14H23N5.ClH/c1-10(2)13-6-12(18(4)17-13)8-15-9-14-11(3)7-16-19(14)5;/h6-7,10,15H,8-9H2,1-5H3;1H. The Balaban J connectivity index is 0.00000200. The molecule has 0 radical (unpaired) electrons. The van der Waals surface area contributed by atoms with E-state index in [1.807, 2.05) is 29.7 Å². The van der Waals surface area contributed by atoms with Gasteiger partial charge in [0.1, 0.15) is 0 Å². The first kappa shape index (κ1) is 16.7. The normalized spacial score (nSPS) is 10.9. The molecule has 0 saturated heterocycles. The van der Waals surface area contributed by atoms with E-state index in [1.165, 1.54) is 17.0 Å². The monoisotopic (exact) mass is 297 g/mol. The second-order valence-corrected chi connectivity index (χ2v) is 5.34. The fraction of sp³-hybridized carbons (Fsp3) is 0.571. The van der Waals surface area contributed by atoms with Gasteiger partial charge >= 0.3 is 0 Å². The first-order valence-electron chi connectivity index (χ1n) is 6.70. The molecule has 20 heavy (non-hydrogen) atoms. The summed E-state index contributed by atoms with van der Waals surface area (Å²) in [5.74, 6) is 0.472. The van der Waals surface area contributed by atoms with E-state index in [0.717, 1.165) is 18.8 Å². The van der Waals surface area contributed by atoms with Gasteiger partial charge in [0.2, 0.25) is 0 Å². The molecular formula is C14H24ClN5. The molecule has 6 heteroatoms. The summed E-state index contributed by atoms with van der Waals surface area (Å²) in [4.78, 5) is 0. The van der Waals surface area contributed by atoms with E-state index in [0.29, 0.717) is 5.92 Å². The van der Waals surface area contributed by atoms with Crippen molar-refractivity contribution in [3.63, 3.8) is 0 Å². The minimum absolute atomic E-state index is 0. The van der Waals surface area contributed by atoms with Crippen LogP contribution in [0.4, 0.5) is 0 Å². The zero-order valence-electron chi connectivity index (χ0n) is 12.8. The van der Waals surface area contributed by atoms with Gasteiger partial charge in [-0.05, 0) is 24.5 Å². The van der Waals surface area contributed by atoms with Gasteiger partial charge in [-0.15, -0.1) is 12.4 Å². The second-order valence-electron chi connectivity index (χ2n) is 5.34. The fourth-order valence-electron chi connectivity index (χ4n) is 2.11. The van der Waals surface area contributed by atoms with Crippen LogP contribution in [0.3, 0.4) is 0 Å². The first-order chi connectivity index (χ1) is 8.99. The van der Waals surface area contributed by atoms with Crippen molar-refractivity contribution in [2.75, 3.05) is 0 Å². The molecule has 0 saturated carbocycles. The third-order valence-electron chi connectivity index (χ3n) is 3.46. The third-order valence-corrected chi connectivity index (χ3v) is 3.46. The molecule has 2 aromatic heterocycles. The van der Waals surface area contributed by atoms with Crippen LogP contribution in [0.25, 0.3) is 0 Å². The number of rotatable bonds is 5. The van der Waals surface area contributed by atoms with Crippen molar-refractivity contribution in [2.45, 2.75) is 39.8 Å². The zero-order chi connectivity index (χ0) is 14.0. The molecule has 0 bridgehead atoms. The van der Waals surface area contributed by atoms with Gasteiger partial charge < -0.3 is 5.32 Å². The predicted molar refractivity (Wildman–Crippen MR) is 83.0 cm³/mol. The SMILES string of the molecule is Cc1cnn(C)c1CNCc1cc(C(C)C)nn1C.Cl. The number of nitrogens with one attached hydrogen (secondary N) is 1. The molecule has 0 atom stereocenters. The minimum atomic E-state index is 0. The van der Waals surface area contributed by atoms with Crippen LogP contribution >= 0.6 is 12.4 Å². The maximum Gasteiger partial charge on any atom is 0.0653 e. The Bertz CT molecular complexity index is 536. The molecule has 2 heterocycles. The minimum Gasteiger partial charge on any atom is -0.306 e. The van der Waals surface area contributed by atoms with Gasteiger partial charge in [0.15, 0.2) is 0 Å². The molecule has 2 rings (SSSR count). The van der Waals surface area contributed by atoms with Crippen molar-refractivity contribution >= 4 is 12.4 Å². The number of aromatic nitrogens is 4. The van der Waals surface area contributed by atoms with Crippen LogP contribution < -0.4 is 5.32 Å². The fourth-order valence-corrected chi connectivity index (χ4v) is 2.11. The number of nitrogens with zero attached hydrogens (tertiary/aromatic N) is 4. The maximum atomic E-state index is 4.52. The van der Waals surface area contributed by atoms with Crippen LogP contribution in [0.15, 0.2) is 12.3 Å². The summed E-state index contributed by atoms with van der Waals surface area (Å²) >= 11 is 0. The smallest absolute Gasteiger partial charge is 0.0653 e. The summed E-state index contributed by atoms with van der Waals surface area (Å²) in [6, 6.07) is 2.17. The highest BCUT2D eigenvalue weighted by Crippen LogP contribution is 2.13. The van der Waals surface area contributed by atoms with E-state index in [2.05, 4.69) is 42.4 Å². The van der Waals surface area contributed by atoms with E-state index in [-0.39, 0.29) is 12.4 Å². The summed E-state index contributed by atoms with van der Waals surface area (Å²) < 4.78 is 3.88. The van der Waals surface area contributed by atoms with Crippen molar-refractivity contribution in [3.8, 4) is 0 Å². The molecule has 1 N–H and O–H groups in total. The lowest BCUT2D eigenvalue weighted by atomic mass is 10.1. The lowest BCUT2D eigenvalue weighted by Gasteiger charge is -2.06. The Morgan fingerprint density at radius 2 is 1.90 bits per heavy atom. The largest absolute Gasteiger partial charge is 0.306 e. The number of hydrogen-bond acceptors (Lipinski definition) is 3. The maximum absolute atomic E-state index is 4.52. The highest BCUT2D eigenvalue weighted by molar-refractivity contribution is 5.85. The molecular weight excluding hydrogens is 274 g/mol. The van der Waals surface area contributed by atoms with Crippen molar-refractivity contribution in [2.24, 2.45) is 14.1 Å². The Kier molecular flexibility index (Phi) is 5.77. The molecule has 0 aliphatic rings. The Morgan fingerprint density at radius 3 is 2.40 bits per heavy atom. The lowest BCUT2D eigenvalue weighted by molar-refractivity contribution is 0.591. The van der Waals surface area contributed by atoms with E-state index in [9.17, 15) is 0 Å². The van der Waals surface area contributed by atoms with Crippen molar-refractivity contribution in [1.82, 2.24) is 24.9 Å². The van der Waals surface area contributed by atoms with E-state index < -0.39 is 0 Å². The first-order valence-corrected chi connectivity index (χ1v) is 6.70. The van der Waals surface area contributed by atoms with Crippen LogP contribution in [0, 0.1) is 6.92 Å². The average molecular weight is 298 g/mol. The summed E-state index contributed by atoms with van der Waals surface area (Å²) in [7, 11) is 3.98. The summed E-state index contributed by atoms with van der Waals surface area (Å²) in [6.45, 7) is 8.06. The van der Waals surface area contributed by atoms with Gasteiger partial charge in [0, 0.05) is 27.2 Å². The van der Waals surface area contributed by atoms with Gasteiger partial charge in [-0.1, -0.05) is 13.8 Å². The molecule has 0 unspecified atom stereocenters. The predicted octanol–water partition coefficient (Wildman–Crippen LogP) is 2.30. The summed E-state index contributed by atoms with van der Waals surface area (Å²) in [5, 5.41) is 12.2. The second kappa shape index (κ2) is 6.90. The van der Waals surface area contributed by atoms with E-state index in [4.69, 9.17) is 0 Å². The van der Waals surface area contributed by atoms with Gasteiger partial charge in [-0.25, -0.2) is 0 Å². The van der Waals surface area contributed by atoms with Crippen LogP contribution in [0.2, 0.25) is 0 Å². The van der Waals surface area contributed by atoms with Crippen LogP contribution in [-0.4, -0.2) is 19.6 Å². The van der Waals surface area contributed by atoms with Crippen molar-refractivity contribution in [1.29, 1.82) is 0 Å². The van der Waals surface area contributed by atoms with Gasteiger partial charge in [0.25, 0.3) is 0 Å². The molecule has 0 spiro atoms.